The Bertz CT molecular complexity index is 435. The van der Waals surface area contributed by atoms with E-state index in [1.165, 1.54) is 20.3 Å². The molecule has 0 atom stereocenters. The summed E-state index contributed by atoms with van der Waals surface area (Å²) < 4.78 is 9.68. The predicted octanol–water partition coefficient (Wildman–Crippen LogP) is 2.61. The molecule has 1 N–H and O–H groups in total. The Labute approximate surface area is 100 Å². The average molecular weight is 236 g/mol. The van der Waals surface area contributed by atoms with Crippen LogP contribution in [-0.2, 0) is 4.74 Å². The standard InChI is InChI=1S/C13H16O4/c1-4-5-6-9-7-10(16-2)8-11(14)12(9)13(15)17-3/h5-8,14H,4H2,1-3H3. The van der Waals surface area contributed by atoms with E-state index in [4.69, 9.17) is 4.74 Å². The van der Waals surface area contributed by atoms with Crippen molar-refractivity contribution >= 4 is 12.0 Å². The van der Waals surface area contributed by atoms with Gasteiger partial charge in [0.25, 0.3) is 0 Å². The van der Waals surface area contributed by atoms with E-state index in [-0.39, 0.29) is 11.3 Å². The van der Waals surface area contributed by atoms with Crippen LogP contribution in [0.4, 0.5) is 0 Å². The van der Waals surface area contributed by atoms with Crippen LogP contribution in [0.5, 0.6) is 11.5 Å². The zero-order valence-electron chi connectivity index (χ0n) is 10.2. The summed E-state index contributed by atoms with van der Waals surface area (Å²) in [5.41, 5.74) is 0.730. The first-order valence-corrected chi connectivity index (χ1v) is 5.29. The SMILES string of the molecule is CCC=Cc1cc(OC)cc(O)c1C(=O)OC. The van der Waals surface area contributed by atoms with Crippen LogP contribution in [-0.4, -0.2) is 25.3 Å². The lowest BCUT2D eigenvalue weighted by molar-refractivity contribution is 0.0597. The van der Waals surface area contributed by atoms with Crippen LogP contribution in [0.3, 0.4) is 0 Å². The molecule has 0 unspecified atom stereocenters. The molecule has 17 heavy (non-hydrogen) atoms. The summed E-state index contributed by atoms with van der Waals surface area (Å²) in [7, 11) is 2.78. The van der Waals surface area contributed by atoms with Crippen molar-refractivity contribution in [3.63, 3.8) is 0 Å². The van der Waals surface area contributed by atoms with Gasteiger partial charge in [-0.05, 0) is 18.1 Å². The number of phenols is 1. The number of hydrogen-bond acceptors (Lipinski definition) is 4. The Morgan fingerprint density at radius 1 is 1.41 bits per heavy atom. The highest BCUT2D eigenvalue weighted by molar-refractivity contribution is 5.96. The number of ether oxygens (including phenoxy) is 2. The quantitative estimate of drug-likeness (QED) is 0.816. The van der Waals surface area contributed by atoms with E-state index in [0.717, 1.165) is 6.42 Å². The van der Waals surface area contributed by atoms with Gasteiger partial charge in [-0.15, -0.1) is 0 Å². The van der Waals surface area contributed by atoms with E-state index in [9.17, 15) is 9.90 Å². The monoisotopic (exact) mass is 236 g/mol. The zero-order valence-corrected chi connectivity index (χ0v) is 10.2. The summed E-state index contributed by atoms with van der Waals surface area (Å²) in [5, 5.41) is 9.79. The highest BCUT2D eigenvalue weighted by Crippen LogP contribution is 2.29. The molecule has 0 saturated heterocycles. The summed E-state index contributed by atoms with van der Waals surface area (Å²) >= 11 is 0. The topological polar surface area (TPSA) is 55.8 Å². The van der Waals surface area contributed by atoms with E-state index >= 15 is 0 Å². The van der Waals surface area contributed by atoms with Crippen LogP contribution < -0.4 is 4.74 Å². The predicted molar refractivity (Wildman–Crippen MR) is 65.3 cm³/mol. The van der Waals surface area contributed by atoms with Crippen molar-refractivity contribution in [1.29, 1.82) is 0 Å². The van der Waals surface area contributed by atoms with Crippen molar-refractivity contribution in [3.05, 3.63) is 29.3 Å². The molecule has 0 spiro atoms. The molecule has 4 heteroatoms. The summed E-state index contributed by atoms with van der Waals surface area (Å²) in [5.74, 6) is -0.223. The normalized spacial score (nSPS) is 10.5. The largest absolute Gasteiger partial charge is 0.507 e. The molecule has 0 heterocycles. The summed E-state index contributed by atoms with van der Waals surface area (Å²) in [6.07, 6.45) is 4.48. The van der Waals surface area contributed by atoms with Crippen molar-refractivity contribution in [2.75, 3.05) is 14.2 Å². The van der Waals surface area contributed by atoms with Crippen molar-refractivity contribution in [1.82, 2.24) is 0 Å². The fourth-order valence-corrected chi connectivity index (χ4v) is 1.44. The number of aromatic hydroxyl groups is 1. The van der Waals surface area contributed by atoms with Crippen molar-refractivity contribution in [2.24, 2.45) is 0 Å². The van der Waals surface area contributed by atoms with Gasteiger partial charge in [0.1, 0.15) is 17.1 Å². The molecular weight excluding hydrogens is 220 g/mol. The lowest BCUT2D eigenvalue weighted by Crippen LogP contribution is -2.04. The van der Waals surface area contributed by atoms with Gasteiger partial charge in [0.2, 0.25) is 0 Å². The molecule has 0 radical (unpaired) electrons. The molecule has 92 valence electrons. The minimum absolute atomic E-state index is 0.146. The molecule has 0 aliphatic rings. The van der Waals surface area contributed by atoms with Crippen LogP contribution in [0.1, 0.15) is 29.3 Å². The number of carbonyl (C=O) groups is 1. The highest BCUT2D eigenvalue weighted by atomic mass is 16.5. The summed E-state index contributed by atoms with van der Waals surface area (Å²) in [4.78, 5) is 11.6. The van der Waals surface area contributed by atoms with Gasteiger partial charge in [0, 0.05) is 6.07 Å². The van der Waals surface area contributed by atoms with E-state index in [1.807, 2.05) is 13.0 Å². The van der Waals surface area contributed by atoms with Crippen molar-refractivity contribution in [3.8, 4) is 11.5 Å². The maximum Gasteiger partial charge on any atom is 0.342 e. The van der Waals surface area contributed by atoms with E-state index in [0.29, 0.717) is 11.3 Å². The summed E-state index contributed by atoms with van der Waals surface area (Å²) in [6.45, 7) is 1.98. The second-order valence-corrected chi connectivity index (χ2v) is 3.41. The Balaban J connectivity index is 3.34. The van der Waals surface area contributed by atoms with Gasteiger partial charge in [0.15, 0.2) is 0 Å². The average Bonchev–Trinajstić information content (AvgIpc) is 2.34. The van der Waals surface area contributed by atoms with Crippen LogP contribution in [0, 0.1) is 0 Å². The number of allylic oxidation sites excluding steroid dienone is 1. The first-order chi connectivity index (χ1) is 8.13. The van der Waals surface area contributed by atoms with Crippen LogP contribution in [0.25, 0.3) is 6.08 Å². The Morgan fingerprint density at radius 2 is 2.12 bits per heavy atom. The van der Waals surface area contributed by atoms with Crippen LogP contribution >= 0.6 is 0 Å². The first kappa shape index (κ1) is 13.1. The van der Waals surface area contributed by atoms with Gasteiger partial charge in [-0.2, -0.15) is 0 Å². The van der Waals surface area contributed by atoms with E-state index in [1.54, 1.807) is 12.1 Å². The molecule has 0 fully saturated rings. The third kappa shape index (κ3) is 3.00. The maximum absolute atomic E-state index is 11.6. The molecule has 4 nitrogen and oxygen atoms in total. The van der Waals surface area contributed by atoms with E-state index < -0.39 is 5.97 Å². The van der Waals surface area contributed by atoms with Gasteiger partial charge in [0.05, 0.1) is 14.2 Å². The van der Waals surface area contributed by atoms with Gasteiger partial charge >= 0.3 is 5.97 Å². The second kappa shape index (κ2) is 5.94. The lowest BCUT2D eigenvalue weighted by Gasteiger charge is -2.09. The van der Waals surface area contributed by atoms with Crippen LogP contribution in [0.15, 0.2) is 18.2 Å². The number of rotatable bonds is 4. The van der Waals surface area contributed by atoms with Gasteiger partial charge < -0.3 is 14.6 Å². The van der Waals surface area contributed by atoms with Crippen LogP contribution in [0.2, 0.25) is 0 Å². The molecule has 1 rings (SSSR count). The minimum atomic E-state index is -0.569. The molecule has 0 saturated carbocycles. The summed E-state index contributed by atoms with van der Waals surface area (Å²) in [6, 6.07) is 3.06. The number of carbonyl (C=O) groups excluding carboxylic acids is 1. The molecule has 0 aliphatic carbocycles. The Morgan fingerprint density at radius 3 is 2.65 bits per heavy atom. The molecule has 0 aliphatic heterocycles. The minimum Gasteiger partial charge on any atom is -0.507 e. The third-order valence-electron chi connectivity index (χ3n) is 2.28. The molecule has 0 bridgehead atoms. The first-order valence-electron chi connectivity index (χ1n) is 5.29. The fraction of sp³-hybridized carbons (Fsp3) is 0.308. The van der Waals surface area contributed by atoms with Gasteiger partial charge in [-0.1, -0.05) is 19.1 Å². The van der Waals surface area contributed by atoms with Gasteiger partial charge in [-0.25, -0.2) is 4.79 Å². The molecule has 0 aromatic heterocycles. The molecule has 0 amide bonds. The fourth-order valence-electron chi connectivity index (χ4n) is 1.44. The smallest absolute Gasteiger partial charge is 0.342 e. The number of esters is 1. The van der Waals surface area contributed by atoms with Crippen molar-refractivity contribution < 1.29 is 19.4 Å². The van der Waals surface area contributed by atoms with Crippen molar-refractivity contribution in [2.45, 2.75) is 13.3 Å². The zero-order chi connectivity index (χ0) is 12.8. The maximum atomic E-state index is 11.6. The number of phenolic OH excluding ortho intramolecular Hbond substituents is 1. The highest BCUT2D eigenvalue weighted by Gasteiger charge is 2.17. The molecular formula is C13H16O4. The number of hydrogen-bond donors (Lipinski definition) is 1. The van der Waals surface area contributed by atoms with E-state index in [2.05, 4.69) is 4.74 Å². The number of methoxy groups -OCH3 is 2. The second-order valence-electron chi connectivity index (χ2n) is 3.41. The molecule has 1 aromatic rings. The third-order valence-corrected chi connectivity index (χ3v) is 2.28. The number of benzene rings is 1. The Hall–Kier alpha value is -1.97. The molecule has 1 aromatic carbocycles. The lowest BCUT2D eigenvalue weighted by atomic mass is 10.0. The van der Waals surface area contributed by atoms with Gasteiger partial charge in [-0.3, -0.25) is 0 Å². The Kier molecular flexibility index (Phi) is 4.57.